The average Bonchev–Trinajstić information content (AvgIpc) is 2.36. The number of nitrogens with two attached hydrogens (primary N) is 1. The summed E-state index contributed by atoms with van der Waals surface area (Å²) in [4.78, 5) is 0. The van der Waals surface area contributed by atoms with Crippen molar-refractivity contribution in [2.75, 3.05) is 6.61 Å². The molecule has 0 saturated heterocycles. The molecule has 2 rings (SSSR count). The molecule has 1 fully saturated rings. The van der Waals surface area contributed by atoms with E-state index in [0.717, 1.165) is 17.9 Å². The van der Waals surface area contributed by atoms with Crippen molar-refractivity contribution in [3.8, 4) is 11.5 Å². The predicted octanol–water partition coefficient (Wildman–Crippen LogP) is 3.23. The number of rotatable bonds is 4. The van der Waals surface area contributed by atoms with Crippen molar-refractivity contribution in [2.45, 2.75) is 45.8 Å². The molecule has 0 spiro atoms. The molecular formula is C16H25NO2. The quantitative estimate of drug-likeness (QED) is 0.907. The van der Waals surface area contributed by atoms with Crippen molar-refractivity contribution in [2.24, 2.45) is 17.6 Å². The van der Waals surface area contributed by atoms with Crippen LogP contribution in [-0.2, 0) is 0 Å². The van der Waals surface area contributed by atoms with Crippen molar-refractivity contribution in [3.63, 3.8) is 0 Å². The van der Waals surface area contributed by atoms with Crippen LogP contribution in [0.4, 0.5) is 0 Å². The van der Waals surface area contributed by atoms with Gasteiger partial charge in [0.1, 0.15) is 17.6 Å². The summed E-state index contributed by atoms with van der Waals surface area (Å²) in [5.41, 5.74) is 6.24. The third kappa shape index (κ3) is 3.63. The highest BCUT2D eigenvalue weighted by atomic mass is 16.5. The van der Waals surface area contributed by atoms with Crippen LogP contribution in [-0.4, -0.2) is 18.8 Å². The third-order valence-electron chi connectivity index (χ3n) is 3.84. The largest absolute Gasteiger partial charge is 0.494 e. The van der Waals surface area contributed by atoms with Gasteiger partial charge in [0.05, 0.1) is 6.61 Å². The van der Waals surface area contributed by atoms with E-state index in [1.54, 1.807) is 0 Å². The van der Waals surface area contributed by atoms with Crippen LogP contribution in [0, 0.1) is 11.8 Å². The number of benzene rings is 1. The summed E-state index contributed by atoms with van der Waals surface area (Å²) in [5, 5.41) is 0. The van der Waals surface area contributed by atoms with E-state index < -0.39 is 0 Å². The smallest absolute Gasteiger partial charge is 0.120 e. The molecule has 4 unspecified atom stereocenters. The van der Waals surface area contributed by atoms with Gasteiger partial charge >= 0.3 is 0 Å². The fourth-order valence-electron chi connectivity index (χ4n) is 3.03. The van der Waals surface area contributed by atoms with Gasteiger partial charge in [-0.15, -0.1) is 0 Å². The summed E-state index contributed by atoms with van der Waals surface area (Å²) >= 11 is 0. The topological polar surface area (TPSA) is 44.5 Å². The van der Waals surface area contributed by atoms with Gasteiger partial charge in [0, 0.05) is 6.04 Å². The van der Waals surface area contributed by atoms with Crippen molar-refractivity contribution in [1.29, 1.82) is 0 Å². The van der Waals surface area contributed by atoms with Gasteiger partial charge in [-0.25, -0.2) is 0 Å². The van der Waals surface area contributed by atoms with Gasteiger partial charge in [-0.05, 0) is 55.9 Å². The van der Waals surface area contributed by atoms with Gasteiger partial charge in [0.2, 0.25) is 0 Å². The maximum absolute atomic E-state index is 6.24. The molecule has 1 aliphatic carbocycles. The van der Waals surface area contributed by atoms with Gasteiger partial charge in [-0.2, -0.15) is 0 Å². The van der Waals surface area contributed by atoms with E-state index in [1.165, 1.54) is 6.42 Å². The highest BCUT2D eigenvalue weighted by molar-refractivity contribution is 5.31. The maximum Gasteiger partial charge on any atom is 0.120 e. The highest BCUT2D eigenvalue weighted by Crippen LogP contribution is 2.31. The fourth-order valence-corrected chi connectivity index (χ4v) is 3.03. The molecule has 0 aromatic heterocycles. The molecule has 0 bridgehead atoms. The molecule has 2 N–H and O–H groups in total. The van der Waals surface area contributed by atoms with E-state index in [4.69, 9.17) is 15.2 Å². The van der Waals surface area contributed by atoms with Crippen molar-refractivity contribution < 1.29 is 9.47 Å². The van der Waals surface area contributed by atoms with Crippen LogP contribution < -0.4 is 15.2 Å². The molecule has 0 aliphatic heterocycles. The lowest BCUT2D eigenvalue weighted by molar-refractivity contribution is 0.0626. The van der Waals surface area contributed by atoms with Crippen LogP contribution >= 0.6 is 0 Å². The zero-order valence-corrected chi connectivity index (χ0v) is 12.1. The second-order valence-electron chi connectivity index (χ2n) is 5.70. The minimum atomic E-state index is 0.120. The first kappa shape index (κ1) is 14.2. The van der Waals surface area contributed by atoms with E-state index in [-0.39, 0.29) is 12.1 Å². The summed E-state index contributed by atoms with van der Waals surface area (Å²) in [7, 11) is 0. The molecule has 1 aromatic rings. The Balaban J connectivity index is 1.99. The van der Waals surface area contributed by atoms with Crippen molar-refractivity contribution >= 4 is 0 Å². The van der Waals surface area contributed by atoms with Crippen molar-refractivity contribution in [3.05, 3.63) is 24.3 Å². The summed E-state index contributed by atoms with van der Waals surface area (Å²) in [6.45, 7) is 7.16. The van der Waals surface area contributed by atoms with E-state index in [2.05, 4.69) is 13.8 Å². The monoisotopic (exact) mass is 263 g/mol. The van der Waals surface area contributed by atoms with E-state index in [0.29, 0.717) is 18.4 Å². The van der Waals surface area contributed by atoms with Crippen LogP contribution in [0.25, 0.3) is 0 Å². The molecule has 1 aromatic carbocycles. The van der Waals surface area contributed by atoms with Gasteiger partial charge in [0.15, 0.2) is 0 Å². The molecule has 3 heteroatoms. The Morgan fingerprint density at radius 3 is 2.32 bits per heavy atom. The second-order valence-corrected chi connectivity index (χ2v) is 5.70. The highest BCUT2D eigenvalue weighted by Gasteiger charge is 2.33. The van der Waals surface area contributed by atoms with E-state index >= 15 is 0 Å². The zero-order valence-electron chi connectivity index (χ0n) is 12.1. The van der Waals surface area contributed by atoms with E-state index in [9.17, 15) is 0 Å². The lowest BCUT2D eigenvalue weighted by atomic mass is 9.78. The predicted molar refractivity (Wildman–Crippen MR) is 77.6 cm³/mol. The Labute approximate surface area is 116 Å². The normalized spacial score (nSPS) is 30.9. The van der Waals surface area contributed by atoms with E-state index in [1.807, 2.05) is 31.2 Å². The number of hydrogen-bond donors (Lipinski definition) is 1. The van der Waals surface area contributed by atoms with Gasteiger partial charge in [-0.1, -0.05) is 13.8 Å². The lowest BCUT2D eigenvalue weighted by Crippen LogP contribution is -2.48. The molecule has 19 heavy (non-hydrogen) atoms. The molecular weight excluding hydrogens is 238 g/mol. The molecule has 106 valence electrons. The molecule has 1 aliphatic rings. The Morgan fingerprint density at radius 2 is 1.74 bits per heavy atom. The molecule has 4 atom stereocenters. The Morgan fingerprint density at radius 1 is 1.11 bits per heavy atom. The Hall–Kier alpha value is -1.22. The maximum atomic E-state index is 6.24. The minimum Gasteiger partial charge on any atom is -0.494 e. The first-order chi connectivity index (χ1) is 9.10. The summed E-state index contributed by atoms with van der Waals surface area (Å²) < 4.78 is 11.5. The number of ether oxygens (including phenoxy) is 2. The summed E-state index contributed by atoms with van der Waals surface area (Å²) in [5.74, 6) is 2.96. The van der Waals surface area contributed by atoms with Crippen LogP contribution in [0.5, 0.6) is 11.5 Å². The van der Waals surface area contributed by atoms with Crippen LogP contribution in [0.3, 0.4) is 0 Å². The molecule has 0 amide bonds. The molecule has 0 heterocycles. The summed E-state index contributed by atoms with van der Waals surface area (Å²) in [6.07, 6.45) is 2.36. The van der Waals surface area contributed by atoms with Gasteiger partial charge in [-0.3, -0.25) is 0 Å². The Bertz CT molecular complexity index is 378. The second kappa shape index (κ2) is 6.29. The average molecular weight is 263 g/mol. The van der Waals surface area contributed by atoms with Crippen LogP contribution in [0.2, 0.25) is 0 Å². The summed E-state index contributed by atoms with van der Waals surface area (Å²) in [6, 6.07) is 7.94. The molecule has 3 nitrogen and oxygen atoms in total. The third-order valence-corrected chi connectivity index (χ3v) is 3.84. The first-order valence-corrected chi connectivity index (χ1v) is 7.25. The zero-order chi connectivity index (χ0) is 13.8. The minimum absolute atomic E-state index is 0.120. The number of hydrogen-bond acceptors (Lipinski definition) is 3. The van der Waals surface area contributed by atoms with Gasteiger partial charge in [0.25, 0.3) is 0 Å². The molecule has 1 saturated carbocycles. The first-order valence-electron chi connectivity index (χ1n) is 7.25. The van der Waals surface area contributed by atoms with Crippen LogP contribution in [0.1, 0.15) is 33.6 Å². The van der Waals surface area contributed by atoms with Gasteiger partial charge < -0.3 is 15.2 Å². The molecule has 0 radical (unpaired) electrons. The SMILES string of the molecule is CCOc1ccc(OC2C(C)CC(C)CC2N)cc1. The van der Waals surface area contributed by atoms with Crippen molar-refractivity contribution in [1.82, 2.24) is 0 Å². The Kier molecular flexibility index (Phi) is 4.70. The standard InChI is InChI=1S/C16H25NO2/c1-4-18-13-5-7-14(8-6-13)19-16-12(3)9-11(2)10-15(16)17/h5-8,11-12,15-16H,4,9-10,17H2,1-3H3. The fraction of sp³-hybridized carbons (Fsp3) is 0.625. The lowest BCUT2D eigenvalue weighted by Gasteiger charge is -2.37. The van der Waals surface area contributed by atoms with Crippen LogP contribution in [0.15, 0.2) is 24.3 Å².